The zero-order chi connectivity index (χ0) is 22.5. The maximum Gasteiger partial charge on any atom is 0.256 e. The molecule has 1 unspecified atom stereocenters. The van der Waals surface area contributed by atoms with Crippen LogP contribution in [0.1, 0.15) is 43.0 Å². The highest BCUT2D eigenvalue weighted by molar-refractivity contribution is 5.98. The first kappa shape index (κ1) is 21.9. The number of amides is 1. The standard InChI is InChI=1S/C23H25F2N5O2/c1-2-4-20-16(15-32-22-9-7-18(25)14-26-22)5-3-12-29(20)23(31)19-8-6-17(24)13-21(19)30-27-10-11-28-30/h6-11,13-14,16,20H,2-5,12,15H2,1H3/t16-,20?/m1/s1. The van der Waals surface area contributed by atoms with Gasteiger partial charge in [0.25, 0.3) is 5.91 Å². The first-order chi connectivity index (χ1) is 15.6. The van der Waals surface area contributed by atoms with Gasteiger partial charge in [0, 0.05) is 30.6 Å². The molecule has 0 radical (unpaired) electrons. The Labute approximate surface area is 185 Å². The zero-order valence-corrected chi connectivity index (χ0v) is 17.8. The van der Waals surface area contributed by atoms with Crippen LogP contribution in [0, 0.1) is 17.6 Å². The lowest BCUT2D eigenvalue weighted by Gasteiger charge is -2.41. The molecular weight excluding hydrogens is 416 g/mol. The summed E-state index contributed by atoms with van der Waals surface area (Å²) in [7, 11) is 0. The third-order valence-electron chi connectivity index (χ3n) is 5.73. The number of aromatic nitrogens is 4. The van der Waals surface area contributed by atoms with Crippen molar-refractivity contribution < 1.29 is 18.3 Å². The van der Waals surface area contributed by atoms with Gasteiger partial charge in [-0.15, -0.1) is 0 Å². The largest absolute Gasteiger partial charge is 0.477 e. The Hall–Kier alpha value is -3.36. The molecule has 1 saturated heterocycles. The summed E-state index contributed by atoms with van der Waals surface area (Å²) in [5.41, 5.74) is 0.662. The minimum Gasteiger partial charge on any atom is -0.477 e. The Bertz CT molecular complexity index is 1040. The van der Waals surface area contributed by atoms with Gasteiger partial charge >= 0.3 is 0 Å². The van der Waals surface area contributed by atoms with Crippen LogP contribution in [0.4, 0.5) is 8.78 Å². The van der Waals surface area contributed by atoms with Gasteiger partial charge in [-0.05, 0) is 37.5 Å². The van der Waals surface area contributed by atoms with Crippen molar-refractivity contribution in [3.8, 4) is 11.6 Å². The summed E-state index contributed by atoms with van der Waals surface area (Å²) in [5.74, 6) is -0.602. The molecule has 168 valence electrons. The van der Waals surface area contributed by atoms with Crippen LogP contribution in [-0.4, -0.2) is 50.0 Å². The van der Waals surface area contributed by atoms with Crippen LogP contribution in [0.5, 0.6) is 5.88 Å². The normalized spacial score (nSPS) is 18.5. The van der Waals surface area contributed by atoms with Crippen molar-refractivity contribution in [2.45, 2.75) is 38.6 Å². The molecule has 1 amide bonds. The number of nitrogens with zero attached hydrogens (tertiary/aromatic N) is 5. The summed E-state index contributed by atoms with van der Waals surface area (Å²) in [4.78, 5) is 20.7. The van der Waals surface area contributed by atoms with E-state index in [2.05, 4.69) is 22.1 Å². The molecule has 2 atom stereocenters. The predicted molar refractivity (Wildman–Crippen MR) is 113 cm³/mol. The van der Waals surface area contributed by atoms with Crippen LogP contribution in [0.15, 0.2) is 48.9 Å². The summed E-state index contributed by atoms with van der Waals surface area (Å²) < 4.78 is 32.9. The zero-order valence-electron chi connectivity index (χ0n) is 17.8. The van der Waals surface area contributed by atoms with Crippen molar-refractivity contribution in [1.29, 1.82) is 0 Å². The molecule has 1 aromatic carbocycles. The average molecular weight is 441 g/mol. The Morgan fingerprint density at radius 1 is 1.16 bits per heavy atom. The molecule has 0 bridgehead atoms. The molecule has 32 heavy (non-hydrogen) atoms. The smallest absolute Gasteiger partial charge is 0.256 e. The van der Waals surface area contributed by atoms with Gasteiger partial charge < -0.3 is 9.64 Å². The summed E-state index contributed by atoms with van der Waals surface area (Å²) in [6.07, 6.45) is 7.53. The molecule has 0 saturated carbocycles. The lowest BCUT2D eigenvalue weighted by atomic mass is 9.86. The van der Waals surface area contributed by atoms with Gasteiger partial charge in [-0.2, -0.15) is 15.0 Å². The molecule has 1 fully saturated rings. The molecule has 3 heterocycles. The fraction of sp³-hybridized carbons (Fsp3) is 0.391. The Morgan fingerprint density at radius 3 is 2.66 bits per heavy atom. The summed E-state index contributed by atoms with van der Waals surface area (Å²) in [6, 6.07) is 6.80. The molecule has 2 aromatic heterocycles. The predicted octanol–water partition coefficient (Wildman–Crippen LogP) is 4.04. The van der Waals surface area contributed by atoms with Crippen molar-refractivity contribution in [3.05, 3.63) is 66.1 Å². The van der Waals surface area contributed by atoms with Crippen LogP contribution in [0.2, 0.25) is 0 Å². The highest BCUT2D eigenvalue weighted by Crippen LogP contribution is 2.30. The van der Waals surface area contributed by atoms with E-state index in [1.807, 2.05) is 4.90 Å². The molecular formula is C23H25F2N5O2. The minimum absolute atomic E-state index is 0.0369. The second kappa shape index (κ2) is 9.84. The monoisotopic (exact) mass is 441 g/mol. The Morgan fingerprint density at radius 2 is 1.94 bits per heavy atom. The van der Waals surface area contributed by atoms with E-state index in [-0.39, 0.29) is 17.9 Å². The van der Waals surface area contributed by atoms with E-state index < -0.39 is 11.6 Å². The second-order valence-corrected chi connectivity index (χ2v) is 7.86. The molecule has 3 aromatic rings. The van der Waals surface area contributed by atoms with Gasteiger partial charge in [-0.1, -0.05) is 13.3 Å². The van der Waals surface area contributed by atoms with Gasteiger partial charge in [0.15, 0.2) is 0 Å². The molecule has 1 aliphatic heterocycles. The lowest BCUT2D eigenvalue weighted by Crippen LogP contribution is -2.50. The van der Waals surface area contributed by atoms with Gasteiger partial charge in [0.05, 0.1) is 30.8 Å². The third kappa shape index (κ3) is 4.76. The first-order valence-electron chi connectivity index (χ1n) is 10.8. The molecule has 7 nitrogen and oxygen atoms in total. The fourth-order valence-corrected chi connectivity index (χ4v) is 4.26. The second-order valence-electron chi connectivity index (χ2n) is 7.86. The highest BCUT2D eigenvalue weighted by atomic mass is 19.1. The number of carbonyl (C=O) groups is 1. The number of rotatable bonds is 7. The number of hydrogen-bond donors (Lipinski definition) is 0. The number of ether oxygens (including phenoxy) is 1. The van der Waals surface area contributed by atoms with Gasteiger partial charge in [0.2, 0.25) is 5.88 Å². The van der Waals surface area contributed by atoms with E-state index in [9.17, 15) is 13.6 Å². The summed E-state index contributed by atoms with van der Waals surface area (Å²) in [5, 5.41) is 8.14. The van der Waals surface area contributed by atoms with Crippen molar-refractivity contribution >= 4 is 5.91 Å². The van der Waals surface area contributed by atoms with Gasteiger partial charge in [-0.25, -0.2) is 13.8 Å². The summed E-state index contributed by atoms with van der Waals surface area (Å²) in [6.45, 7) is 3.07. The fourth-order valence-electron chi connectivity index (χ4n) is 4.26. The molecule has 0 aliphatic carbocycles. The third-order valence-corrected chi connectivity index (χ3v) is 5.73. The Balaban J connectivity index is 1.56. The Kier molecular flexibility index (Phi) is 6.72. The van der Waals surface area contributed by atoms with Crippen molar-refractivity contribution in [1.82, 2.24) is 24.9 Å². The summed E-state index contributed by atoms with van der Waals surface area (Å²) >= 11 is 0. The van der Waals surface area contributed by atoms with Crippen LogP contribution in [0.3, 0.4) is 0 Å². The number of carbonyl (C=O) groups excluding carboxylic acids is 1. The number of halogens is 2. The van der Waals surface area contributed by atoms with E-state index in [4.69, 9.17) is 4.74 Å². The number of pyridine rings is 1. The van der Waals surface area contributed by atoms with Crippen molar-refractivity contribution in [3.63, 3.8) is 0 Å². The van der Waals surface area contributed by atoms with Crippen LogP contribution in [-0.2, 0) is 0 Å². The van der Waals surface area contributed by atoms with E-state index in [0.29, 0.717) is 30.3 Å². The first-order valence-corrected chi connectivity index (χ1v) is 10.8. The highest BCUT2D eigenvalue weighted by Gasteiger charge is 2.35. The van der Waals surface area contributed by atoms with Crippen molar-refractivity contribution in [2.24, 2.45) is 5.92 Å². The van der Waals surface area contributed by atoms with E-state index in [0.717, 1.165) is 31.9 Å². The number of likely N-dealkylation sites (tertiary alicyclic amines) is 1. The SMILES string of the molecule is CCCC1[C@@H](COc2ccc(F)cn2)CCCN1C(=O)c1ccc(F)cc1-n1nccn1. The number of hydrogen-bond acceptors (Lipinski definition) is 5. The maximum absolute atomic E-state index is 14.0. The van der Waals surface area contributed by atoms with E-state index >= 15 is 0 Å². The minimum atomic E-state index is -0.462. The van der Waals surface area contributed by atoms with E-state index in [1.54, 1.807) is 0 Å². The molecule has 0 spiro atoms. The maximum atomic E-state index is 14.0. The van der Waals surface area contributed by atoms with Gasteiger partial charge in [-0.3, -0.25) is 4.79 Å². The van der Waals surface area contributed by atoms with Crippen LogP contribution in [0.25, 0.3) is 5.69 Å². The topological polar surface area (TPSA) is 73.1 Å². The number of benzene rings is 1. The van der Waals surface area contributed by atoms with Gasteiger partial charge in [0.1, 0.15) is 17.3 Å². The molecule has 0 N–H and O–H groups in total. The molecule has 4 rings (SSSR count). The molecule has 1 aliphatic rings. The van der Waals surface area contributed by atoms with E-state index in [1.165, 1.54) is 47.5 Å². The lowest BCUT2D eigenvalue weighted by molar-refractivity contribution is 0.0377. The van der Waals surface area contributed by atoms with Crippen LogP contribution >= 0.6 is 0 Å². The quantitative estimate of drug-likeness (QED) is 0.553. The van der Waals surface area contributed by atoms with Crippen LogP contribution < -0.4 is 4.74 Å². The molecule has 9 heteroatoms. The number of piperidine rings is 1. The average Bonchev–Trinajstić information content (AvgIpc) is 3.34. The van der Waals surface area contributed by atoms with Crippen molar-refractivity contribution in [2.75, 3.05) is 13.2 Å².